The van der Waals surface area contributed by atoms with Gasteiger partial charge in [-0.05, 0) is 63.2 Å². The van der Waals surface area contributed by atoms with Crippen molar-refractivity contribution in [1.29, 1.82) is 0 Å². The predicted octanol–water partition coefficient (Wildman–Crippen LogP) is 4.70. The summed E-state index contributed by atoms with van der Waals surface area (Å²) < 4.78 is 17.9. The molecular formula is C25H26N4O3. The van der Waals surface area contributed by atoms with Gasteiger partial charge in [-0.3, -0.25) is 4.98 Å². The largest absolute Gasteiger partial charge is 0.493 e. The van der Waals surface area contributed by atoms with Crippen molar-refractivity contribution < 1.29 is 14.2 Å². The van der Waals surface area contributed by atoms with E-state index in [1.165, 1.54) is 6.33 Å². The van der Waals surface area contributed by atoms with Crippen molar-refractivity contribution in [3.63, 3.8) is 0 Å². The molecule has 32 heavy (non-hydrogen) atoms. The molecule has 1 saturated heterocycles. The highest BCUT2D eigenvalue weighted by molar-refractivity contribution is 5.87. The molecule has 1 fully saturated rings. The molecule has 7 nitrogen and oxygen atoms in total. The van der Waals surface area contributed by atoms with Crippen LogP contribution in [0.5, 0.6) is 23.1 Å². The van der Waals surface area contributed by atoms with Crippen molar-refractivity contribution in [3.05, 3.63) is 55.0 Å². The van der Waals surface area contributed by atoms with E-state index in [0.717, 1.165) is 47.7 Å². The Bertz CT molecular complexity index is 1240. The molecule has 0 unspecified atom stereocenters. The summed E-state index contributed by atoms with van der Waals surface area (Å²) in [6, 6.07) is 13.5. The molecule has 164 valence electrons. The van der Waals surface area contributed by atoms with Gasteiger partial charge >= 0.3 is 0 Å². The molecule has 3 heterocycles. The molecule has 7 heteroatoms. The Morgan fingerprint density at radius 1 is 0.969 bits per heavy atom. The lowest BCUT2D eigenvalue weighted by atomic mass is 9.98. The molecule has 0 atom stereocenters. The zero-order chi connectivity index (χ0) is 21.9. The van der Waals surface area contributed by atoms with E-state index in [4.69, 9.17) is 14.2 Å². The van der Waals surface area contributed by atoms with E-state index < -0.39 is 0 Å². The van der Waals surface area contributed by atoms with E-state index in [9.17, 15) is 0 Å². The predicted molar refractivity (Wildman–Crippen MR) is 124 cm³/mol. The molecule has 0 N–H and O–H groups in total. The van der Waals surface area contributed by atoms with Gasteiger partial charge in [-0.25, -0.2) is 9.97 Å². The molecule has 0 spiro atoms. The first-order valence-corrected chi connectivity index (χ1v) is 10.9. The lowest BCUT2D eigenvalue weighted by Gasteiger charge is -2.28. The monoisotopic (exact) mass is 430 g/mol. The average molecular weight is 431 g/mol. The Morgan fingerprint density at radius 3 is 2.69 bits per heavy atom. The maximum Gasteiger partial charge on any atom is 0.230 e. The van der Waals surface area contributed by atoms with E-state index in [1.807, 2.05) is 42.5 Å². The second-order valence-electron chi connectivity index (χ2n) is 8.22. The van der Waals surface area contributed by atoms with Crippen molar-refractivity contribution in [2.24, 2.45) is 5.92 Å². The van der Waals surface area contributed by atoms with Crippen molar-refractivity contribution in [3.8, 4) is 23.1 Å². The molecule has 1 aliphatic rings. The van der Waals surface area contributed by atoms with Gasteiger partial charge in [-0.2, -0.15) is 0 Å². The van der Waals surface area contributed by atoms with Crippen molar-refractivity contribution in [1.82, 2.24) is 19.9 Å². The van der Waals surface area contributed by atoms with Crippen LogP contribution in [0.25, 0.3) is 21.8 Å². The Labute approximate surface area is 187 Å². The van der Waals surface area contributed by atoms with Crippen LogP contribution in [-0.4, -0.2) is 53.7 Å². The number of benzene rings is 2. The minimum Gasteiger partial charge on any atom is -0.493 e. The number of aromatic nitrogens is 3. The van der Waals surface area contributed by atoms with Crippen LogP contribution < -0.4 is 14.2 Å². The maximum atomic E-state index is 6.16. The third-order valence-corrected chi connectivity index (χ3v) is 5.99. The Kier molecular flexibility index (Phi) is 5.73. The van der Waals surface area contributed by atoms with E-state index in [0.29, 0.717) is 35.7 Å². The first-order chi connectivity index (χ1) is 15.7. The molecule has 0 amide bonds. The molecule has 0 saturated carbocycles. The maximum absolute atomic E-state index is 6.16. The van der Waals surface area contributed by atoms with Gasteiger partial charge < -0.3 is 19.1 Å². The van der Waals surface area contributed by atoms with Gasteiger partial charge in [0.1, 0.15) is 12.1 Å². The number of likely N-dealkylation sites (tertiary alicyclic amines) is 1. The second-order valence-corrected chi connectivity index (χ2v) is 8.22. The van der Waals surface area contributed by atoms with E-state index in [1.54, 1.807) is 13.3 Å². The Morgan fingerprint density at radius 2 is 1.84 bits per heavy atom. The van der Waals surface area contributed by atoms with Crippen LogP contribution in [-0.2, 0) is 0 Å². The second kappa shape index (κ2) is 8.96. The topological polar surface area (TPSA) is 69.6 Å². The molecule has 2 aromatic heterocycles. The highest BCUT2D eigenvalue weighted by Crippen LogP contribution is 2.36. The lowest BCUT2D eigenvalue weighted by Crippen LogP contribution is -2.32. The molecule has 0 radical (unpaired) electrons. The summed E-state index contributed by atoms with van der Waals surface area (Å²) in [5, 5.41) is 1.82. The minimum atomic E-state index is 0.463. The Hall–Kier alpha value is -3.45. The number of nitrogens with zero attached hydrogens (tertiary/aromatic N) is 4. The van der Waals surface area contributed by atoms with Crippen LogP contribution in [0.4, 0.5) is 0 Å². The summed E-state index contributed by atoms with van der Waals surface area (Å²) in [5.74, 6) is 3.02. The smallest absolute Gasteiger partial charge is 0.230 e. The average Bonchev–Trinajstić information content (AvgIpc) is 2.83. The van der Waals surface area contributed by atoms with Crippen LogP contribution in [0.3, 0.4) is 0 Å². The molecular weight excluding hydrogens is 404 g/mol. The minimum absolute atomic E-state index is 0.463. The fourth-order valence-electron chi connectivity index (χ4n) is 4.05. The standard InChI is InChI=1S/C25H26N4O3/c1-29-10-7-17(8-11-29)15-31-24-14-22-20(13-23(24)30-2)25(28-16-27-22)32-19-6-5-18-4-3-9-26-21(18)12-19/h3-6,9,12-14,16-17H,7-8,10-11,15H2,1-2H3. The van der Waals surface area contributed by atoms with Crippen molar-refractivity contribution >= 4 is 21.8 Å². The number of methoxy groups -OCH3 is 1. The van der Waals surface area contributed by atoms with Gasteiger partial charge in [-0.1, -0.05) is 6.07 Å². The van der Waals surface area contributed by atoms with Crippen LogP contribution in [0, 0.1) is 5.92 Å². The number of pyridine rings is 1. The molecule has 5 rings (SSSR count). The summed E-state index contributed by atoms with van der Waals surface area (Å²) in [6.07, 6.45) is 5.56. The molecule has 4 aromatic rings. The van der Waals surface area contributed by atoms with Crippen molar-refractivity contribution in [2.75, 3.05) is 33.9 Å². The van der Waals surface area contributed by atoms with Gasteiger partial charge in [0, 0.05) is 23.7 Å². The highest BCUT2D eigenvalue weighted by atomic mass is 16.5. The quantitative estimate of drug-likeness (QED) is 0.439. The van der Waals surface area contributed by atoms with Crippen LogP contribution >= 0.6 is 0 Å². The van der Waals surface area contributed by atoms with Gasteiger partial charge in [0.2, 0.25) is 5.88 Å². The number of hydrogen-bond acceptors (Lipinski definition) is 7. The fourth-order valence-corrected chi connectivity index (χ4v) is 4.05. The van der Waals surface area contributed by atoms with Gasteiger partial charge in [-0.15, -0.1) is 0 Å². The summed E-state index contributed by atoms with van der Waals surface area (Å²) in [4.78, 5) is 15.5. The Balaban J connectivity index is 1.40. The number of ether oxygens (including phenoxy) is 3. The number of piperidine rings is 1. The van der Waals surface area contributed by atoms with E-state index in [2.05, 4.69) is 26.9 Å². The summed E-state index contributed by atoms with van der Waals surface area (Å²) >= 11 is 0. The number of hydrogen-bond donors (Lipinski definition) is 0. The SMILES string of the molecule is COc1cc2c(Oc3ccc4cccnc4c3)ncnc2cc1OCC1CCN(C)CC1. The zero-order valence-electron chi connectivity index (χ0n) is 18.3. The van der Waals surface area contributed by atoms with Gasteiger partial charge in [0.25, 0.3) is 0 Å². The molecule has 2 aromatic carbocycles. The number of rotatable bonds is 6. The van der Waals surface area contributed by atoms with Gasteiger partial charge in [0.05, 0.1) is 30.1 Å². The van der Waals surface area contributed by atoms with E-state index >= 15 is 0 Å². The van der Waals surface area contributed by atoms with Crippen LogP contribution in [0.2, 0.25) is 0 Å². The summed E-state index contributed by atoms with van der Waals surface area (Å²) in [6.45, 7) is 2.90. The third kappa shape index (κ3) is 4.29. The normalized spacial score (nSPS) is 15.2. The first-order valence-electron chi connectivity index (χ1n) is 10.9. The molecule has 0 bridgehead atoms. The van der Waals surface area contributed by atoms with Crippen molar-refractivity contribution in [2.45, 2.75) is 12.8 Å². The molecule has 0 aliphatic carbocycles. The first kappa shape index (κ1) is 20.5. The molecule has 1 aliphatic heterocycles. The number of fused-ring (bicyclic) bond motifs is 2. The zero-order valence-corrected chi connectivity index (χ0v) is 18.3. The summed E-state index contributed by atoms with van der Waals surface area (Å²) in [7, 11) is 3.81. The third-order valence-electron chi connectivity index (χ3n) is 5.99. The fraction of sp³-hybridized carbons (Fsp3) is 0.320. The summed E-state index contributed by atoms with van der Waals surface area (Å²) in [5.41, 5.74) is 1.61. The lowest BCUT2D eigenvalue weighted by molar-refractivity contribution is 0.157. The van der Waals surface area contributed by atoms with Crippen LogP contribution in [0.15, 0.2) is 55.0 Å². The van der Waals surface area contributed by atoms with Crippen LogP contribution in [0.1, 0.15) is 12.8 Å². The van der Waals surface area contributed by atoms with E-state index in [-0.39, 0.29) is 0 Å². The highest BCUT2D eigenvalue weighted by Gasteiger charge is 2.19. The van der Waals surface area contributed by atoms with Gasteiger partial charge in [0.15, 0.2) is 11.5 Å².